The van der Waals surface area contributed by atoms with E-state index in [-0.39, 0.29) is 22.4 Å². The molecule has 0 saturated heterocycles. The number of anilines is 2. The summed E-state index contributed by atoms with van der Waals surface area (Å²) in [5.41, 5.74) is 1.30. The number of carbonyl (C=O) groups is 3. The van der Waals surface area contributed by atoms with Gasteiger partial charge in [0.15, 0.2) is 0 Å². The van der Waals surface area contributed by atoms with Crippen molar-refractivity contribution in [2.45, 2.75) is 0 Å². The number of methoxy groups -OCH3 is 1. The number of ether oxygens (including phenoxy) is 1. The van der Waals surface area contributed by atoms with Crippen molar-refractivity contribution in [3.05, 3.63) is 83.1 Å². The van der Waals surface area contributed by atoms with Crippen LogP contribution in [0.3, 0.4) is 0 Å². The Bertz CT molecular complexity index is 1260. The summed E-state index contributed by atoms with van der Waals surface area (Å²) in [4.78, 5) is 40.8. The second-order valence-electron chi connectivity index (χ2n) is 6.65. The fourth-order valence-corrected chi connectivity index (χ4v) is 5.79. The Morgan fingerprint density at radius 2 is 1.44 bits per heavy atom. The largest absolute Gasteiger partial charge is 0.497 e. The van der Waals surface area contributed by atoms with Gasteiger partial charge in [-0.15, -0.1) is 0 Å². The number of fused-ring (bicyclic) bond motifs is 1. The predicted octanol–water partition coefficient (Wildman–Crippen LogP) is 6.80. The molecule has 3 amide bonds. The van der Waals surface area contributed by atoms with Crippen molar-refractivity contribution in [1.82, 2.24) is 0 Å². The number of carbonyl (C=O) groups excluding carboxylic acids is 3. The van der Waals surface area contributed by atoms with Gasteiger partial charge < -0.3 is 10.1 Å². The van der Waals surface area contributed by atoms with E-state index in [0.717, 1.165) is 4.90 Å². The maximum absolute atomic E-state index is 13.3. The summed E-state index contributed by atoms with van der Waals surface area (Å²) in [5, 5.41) is 2.79. The van der Waals surface area contributed by atoms with Crippen molar-refractivity contribution in [2.75, 3.05) is 17.3 Å². The number of nitrogens with zero attached hydrogens (tertiary/aromatic N) is 1. The second kappa shape index (κ2) is 9.09. The first-order valence-electron chi connectivity index (χ1n) is 9.05. The zero-order valence-electron chi connectivity index (χ0n) is 16.2. The highest BCUT2D eigenvalue weighted by Gasteiger charge is 2.43. The van der Waals surface area contributed by atoms with Crippen molar-refractivity contribution < 1.29 is 19.1 Å². The molecule has 0 bridgehead atoms. The van der Waals surface area contributed by atoms with E-state index in [1.807, 2.05) is 0 Å². The summed E-state index contributed by atoms with van der Waals surface area (Å²) in [6.07, 6.45) is 0. The van der Waals surface area contributed by atoms with Crippen molar-refractivity contribution in [3.8, 4) is 5.75 Å². The molecule has 0 saturated carbocycles. The first-order chi connectivity index (χ1) is 15.3. The van der Waals surface area contributed by atoms with Crippen molar-refractivity contribution in [3.63, 3.8) is 0 Å². The highest BCUT2D eigenvalue weighted by molar-refractivity contribution is 9.15. The van der Waals surface area contributed by atoms with Crippen molar-refractivity contribution in [1.29, 1.82) is 0 Å². The number of benzene rings is 3. The Labute approximate surface area is 216 Å². The molecule has 6 nitrogen and oxygen atoms in total. The number of imide groups is 1. The summed E-state index contributed by atoms with van der Waals surface area (Å²) >= 11 is 13.6. The van der Waals surface area contributed by atoms with E-state index in [9.17, 15) is 14.4 Å². The van der Waals surface area contributed by atoms with E-state index in [4.69, 9.17) is 4.74 Å². The molecule has 0 atom stereocenters. The average molecular weight is 688 g/mol. The fourth-order valence-electron chi connectivity index (χ4n) is 3.33. The zero-order valence-corrected chi connectivity index (χ0v) is 22.6. The van der Waals surface area contributed by atoms with Crippen LogP contribution in [0.15, 0.2) is 66.4 Å². The van der Waals surface area contributed by atoms with Crippen LogP contribution < -0.4 is 15.0 Å². The molecule has 0 unspecified atom stereocenters. The van der Waals surface area contributed by atoms with Crippen LogP contribution in [0.2, 0.25) is 0 Å². The average Bonchev–Trinajstić information content (AvgIpc) is 3.06. The van der Waals surface area contributed by atoms with Crippen LogP contribution in [0.4, 0.5) is 11.4 Å². The number of hydrogen-bond donors (Lipinski definition) is 1. The topological polar surface area (TPSA) is 75.7 Å². The zero-order chi connectivity index (χ0) is 23.2. The third-order valence-corrected chi connectivity index (χ3v) is 9.59. The molecule has 1 aliphatic rings. The standard InChI is InChI=1S/C22H12Br4N2O4/c1-32-11-6-4-5-10(9-11)27-20(29)12-7-2-3-8-13(12)28-21(30)14-15(22(28)31)17(24)19(26)18(25)16(14)23/h2-9H,1H3,(H,27,29). The first-order valence-corrected chi connectivity index (χ1v) is 12.2. The molecule has 162 valence electrons. The van der Waals surface area contributed by atoms with E-state index in [0.29, 0.717) is 29.3 Å². The molecule has 0 aliphatic carbocycles. The molecular formula is C22H12Br4N2O4. The molecule has 3 aromatic rings. The van der Waals surface area contributed by atoms with Gasteiger partial charge in [0.25, 0.3) is 17.7 Å². The lowest BCUT2D eigenvalue weighted by atomic mass is 10.1. The Morgan fingerprint density at radius 1 is 0.844 bits per heavy atom. The Hall–Kier alpha value is -2.01. The molecule has 0 aromatic heterocycles. The van der Waals surface area contributed by atoms with Gasteiger partial charge in [0.1, 0.15) is 5.75 Å². The molecule has 0 radical (unpaired) electrons. The van der Waals surface area contributed by atoms with Crippen molar-refractivity contribution >= 4 is 92.8 Å². The molecule has 4 rings (SSSR count). The van der Waals surface area contributed by atoms with Crippen LogP contribution in [-0.2, 0) is 0 Å². The van der Waals surface area contributed by atoms with E-state index in [1.54, 1.807) is 48.5 Å². The lowest BCUT2D eigenvalue weighted by molar-refractivity contribution is 0.0925. The molecule has 0 fully saturated rings. The van der Waals surface area contributed by atoms with E-state index >= 15 is 0 Å². The highest BCUT2D eigenvalue weighted by atomic mass is 79.9. The summed E-state index contributed by atoms with van der Waals surface area (Å²) in [6, 6.07) is 13.3. The summed E-state index contributed by atoms with van der Waals surface area (Å²) in [7, 11) is 1.53. The molecular weight excluding hydrogens is 676 g/mol. The molecule has 0 spiro atoms. The maximum atomic E-state index is 13.3. The maximum Gasteiger partial charge on any atom is 0.267 e. The van der Waals surface area contributed by atoms with Crippen LogP contribution in [0.5, 0.6) is 5.75 Å². The first kappa shape index (κ1) is 23.2. The van der Waals surface area contributed by atoms with Gasteiger partial charge in [-0.05, 0) is 88.0 Å². The minimum Gasteiger partial charge on any atom is -0.497 e. The van der Waals surface area contributed by atoms with E-state index in [2.05, 4.69) is 69.0 Å². The molecule has 3 aromatic carbocycles. The van der Waals surface area contributed by atoms with Crippen molar-refractivity contribution in [2.24, 2.45) is 0 Å². The quantitative estimate of drug-likeness (QED) is 0.186. The molecule has 1 aliphatic heterocycles. The number of hydrogen-bond acceptors (Lipinski definition) is 4. The SMILES string of the molecule is COc1cccc(NC(=O)c2ccccc2N2C(=O)c3c(Br)c(Br)c(Br)c(Br)c3C2=O)c1. The molecule has 32 heavy (non-hydrogen) atoms. The molecule has 1 N–H and O–H groups in total. The van der Waals surface area contributed by atoms with Crippen LogP contribution in [0.1, 0.15) is 31.1 Å². The van der Waals surface area contributed by atoms with E-state index in [1.165, 1.54) is 7.11 Å². The normalized spacial score (nSPS) is 12.7. The lowest BCUT2D eigenvalue weighted by Gasteiger charge is -2.18. The Morgan fingerprint density at radius 3 is 2.03 bits per heavy atom. The smallest absolute Gasteiger partial charge is 0.267 e. The lowest BCUT2D eigenvalue weighted by Crippen LogP contribution is -2.31. The van der Waals surface area contributed by atoms with Crippen LogP contribution >= 0.6 is 63.7 Å². The minimum absolute atomic E-state index is 0.176. The van der Waals surface area contributed by atoms with Crippen LogP contribution in [0.25, 0.3) is 0 Å². The number of amides is 3. The number of halogens is 4. The van der Waals surface area contributed by atoms with Gasteiger partial charge in [-0.25, -0.2) is 4.90 Å². The number of para-hydroxylation sites is 1. The van der Waals surface area contributed by atoms with Gasteiger partial charge in [0.2, 0.25) is 0 Å². The third kappa shape index (κ3) is 3.83. The minimum atomic E-state index is -0.535. The number of nitrogens with one attached hydrogen (secondary N) is 1. The van der Waals surface area contributed by atoms with Gasteiger partial charge in [-0.2, -0.15) is 0 Å². The van der Waals surface area contributed by atoms with Crippen LogP contribution in [-0.4, -0.2) is 24.8 Å². The highest BCUT2D eigenvalue weighted by Crippen LogP contribution is 2.46. The van der Waals surface area contributed by atoms with Gasteiger partial charge in [0.05, 0.1) is 29.5 Å². The Balaban J connectivity index is 1.77. The van der Waals surface area contributed by atoms with Gasteiger partial charge in [0, 0.05) is 29.6 Å². The second-order valence-corrected chi connectivity index (χ2v) is 9.83. The van der Waals surface area contributed by atoms with Crippen LogP contribution in [0, 0.1) is 0 Å². The third-order valence-electron chi connectivity index (χ3n) is 4.82. The molecule has 1 heterocycles. The van der Waals surface area contributed by atoms with E-state index < -0.39 is 17.7 Å². The number of rotatable bonds is 4. The molecule has 10 heteroatoms. The predicted molar refractivity (Wildman–Crippen MR) is 136 cm³/mol. The summed E-state index contributed by atoms with van der Waals surface area (Å²) < 4.78 is 7.26. The monoisotopic (exact) mass is 684 g/mol. The Kier molecular flexibility index (Phi) is 6.58. The van der Waals surface area contributed by atoms with Gasteiger partial charge in [-0.1, -0.05) is 18.2 Å². The summed E-state index contributed by atoms with van der Waals surface area (Å²) in [6.45, 7) is 0. The fraction of sp³-hybridized carbons (Fsp3) is 0.0455. The van der Waals surface area contributed by atoms with Gasteiger partial charge in [-0.3, -0.25) is 14.4 Å². The van der Waals surface area contributed by atoms with Gasteiger partial charge >= 0.3 is 0 Å². The summed E-state index contributed by atoms with van der Waals surface area (Å²) in [5.74, 6) is -0.951.